The molecular formula is C23H24N2O4. The molecule has 0 radical (unpaired) electrons. The van der Waals surface area contributed by atoms with Crippen molar-refractivity contribution in [2.45, 2.75) is 20.8 Å². The van der Waals surface area contributed by atoms with Gasteiger partial charge >= 0.3 is 5.97 Å². The van der Waals surface area contributed by atoms with Crippen molar-refractivity contribution in [3.8, 4) is 11.8 Å². The third-order valence-electron chi connectivity index (χ3n) is 3.87. The van der Waals surface area contributed by atoms with E-state index in [1.807, 2.05) is 6.07 Å². The molecule has 0 atom stereocenters. The van der Waals surface area contributed by atoms with Crippen LogP contribution in [0.3, 0.4) is 0 Å². The SMILES string of the molecule is COC(=O)c1cccc(C#Cc2cccc(NC(=O)CNC(=O)C(C)(C)C)c2)c1. The number of nitrogens with one attached hydrogen (secondary N) is 2. The molecule has 29 heavy (non-hydrogen) atoms. The zero-order valence-electron chi connectivity index (χ0n) is 17.0. The molecule has 0 heterocycles. The Morgan fingerprint density at radius 3 is 2.21 bits per heavy atom. The van der Waals surface area contributed by atoms with Crippen molar-refractivity contribution in [3.63, 3.8) is 0 Å². The van der Waals surface area contributed by atoms with Crippen LogP contribution in [0, 0.1) is 17.3 Å². The van der Waals surface area contributed by atoms with Gasteiger partial charge in [-0.2, -0.15) is 0 Å². The predicted molar refractivity (Wildman–Crippen MR) is 111 cm³/mol. The summed E-state index contributed by atoms with van der Waals surface area (Å²) in [5.41, 5.74) is 1.82. The lowest BCUT2D eigenvalue weighted by Gasteiger charge is -2.17. The summed E-state index contributed by atoms with van der Waals surface area (Å²) >= 11 is 0. The third-order valence-corrected chi connectivity index (χ3v) is 3.87. The van der Waals surface area contributed by atoms with Crippen molar-refractivity contribution in [2.75, 3.05) is 19.0 Å². The van der Waals surface area contributed by atoms with Crippen molar-refractivity contribution in [2.24, 2.45) is 5.41 Å². The van der Waals surface area contributed by atoms with E-state index in [-0.39, 0.29) is 18.4 Å². The zero-order valence-corrected chi connectivity index (χ0v) is 17.0. The van der Waals surface area contributed by atoms with E-state index in [1.54, 1.807) is 63.2 Å². The van der Waals surface area contributed by atoms with Crippen LogP contribution in [0.25, 0.3) is 0 Å². The first kappa shape index (κ1) is 21.7. The predicted octanol–water partition coefficient (Wildman–Crippen LogP) is 2.97. The van der Waals surface area contributed by atoms with Crippen molar-refractivity contribution in [1.82, 2.24) is 5.32 Å². The first-order chi connectivity index (χ1) is 13.7. The quantitative estimate of drug-likeness (QED) is 0.619. The lowest BCUT2D eigenvalue weighted by Crippen LogP contribution is -2.39. The van der Waals surface area contributed by atoms with Gasteiger partial charge in [-0.3, -0.25) is 9.59 Å². The fourth-order valence-electron chi connectivity index (χ4n) is 2.29. The summed E-state index contributed by atoms with van der Waals surface area (Å²) in [4.78, 5) is 35.5. The van der Waals surface area contributed by atoms with Crippen LogP contribution in [0.2, 0.25) is 0 Å². The maximum atomic E-state index is 12.1. The molecule has 6 heteroatoms. The van der Waals surface area contributed by atoms with Crippen LogP contribution < -0.4 is 10.6 Å². The molecule has 0 aromatic heterocycles. The van der Waals surface area contributed by atoms with Gasteiger partial charge in [-0.1, -0.05) is 44.7 Å². The Morgan fingerprint density at radius 2 is 1.59 bits per heavy atom. The molecule has 0 unspecified atom stereocenters. The lowest BCUT2D eigenvalue weighted by atomic mass is 9.96. The van der Waals surface area contributed by atoms with E-state index in [2.05, 4.69) is 22.5 Å². The second kappa shape index (κ2) is 9.56. The van der Waals surface area contributed by atoms with Crippen LogP contribution in [0.1, 0.15) is 42.3 Å². The summed E-state index contributed by atoms with van der Waals surface area (Å²) in [5.74, 6) is 5.06. The van der Waals surface area contributed by atoms with Crippen LogP contribution in [-0.4, -0.2) is 31.4 Å². The molecule has 2 rings (SSSR count). The summed E-state index contributed by atoms with van der Waals surface area (Å²) in [5, 5.41) is 5.34. The fraction of sp³-hybridized carbons (Fsp3) is 0.261. The van der Waals surface area contributed by atoms with Gasteiger partial charge in [0.1, 0.15) is 0 Å². The van der Waals surface area contributed by atoms with E-state index in [4.69, 9.17) is 4.74 Å². The number of methoxy groups -OCH3 is 1. The number of carbonyl (C=O) groups is 3. The molecule has 2 aromatic carbocycles. The van der Waals surface area contributed by atoms with Crippen molar-refractivity contribution in [3.05, 3.63) is 65.2 Å². The topological polar surface area (TPSA) is 84.5 Å². The summed E-state index contributed by atoms with van der Waals surface area (Å²) in [7, 11) is 1.33. The Kier molecular flexibility index (Phi) is 7.15. The Morgan fingerprint density at radius 1 is 0.966 bits per heavy atom. The lowest BCUT2D eigenvalue weighted by molar-refractivity contribution is -0.130. The standard InChI is InChI=1S/C23H24N2O4/c1-23(2,3)22(28)24-15-20(26)25-19-10-6-8-17(14-19)12-11-16-7-5-9-18(13-16)21(27)29-4/h5-10,13-14H,15H2,1-4H3,(H,24,28)(H,25,26). The second-order valence-electron chi connectivity index (χ2n) is 7.38. The minimum atomic E-state index is -0.555. The van der Waals surface area contributed by atoms with Crippen LogP contribution in [0.5, 0.6) is 0 Å². The van der Waals surface area contributed by atoms with Crippen LogP contribution >= 0.6 is 0 Å². The zero-order chi connectivity index (χ0) is 21.4. The van der Waals surface area contributed by atoms with Crippen LogP contribution in [-0.2, 0) is 14.3 Å². The van der Waals surface area contributed by atoms with E-state index in [0.717, 1.165) is 0 Å². The maximum Gasteiger partial charge on any atom is 0.337 e. The molecule has 2 aromatic rings. The highest BCUT2D eigenvalue weighted by atomic mass is 16.5. The van der Waals surface area contributed by atoms with E-state index < -0.39 is 11.4 Å². The molecule has 2 amide bonds. The molecule has 0 spiro atoms. The summed E-state index contributed by atoms with van der Waals surface area (Å²) in [6.45, 7) is 5.24. The monoisotopic (exact) mass is 392 g/mol. The average Bonchev–Trinajstić information content (AvgIpc) is 2.69. The smallest absolute Gasteiger partial charge is 0.337 e. The number of benzene rings is 2. The highest BCUT2D eigenvalue weighted by Crippen LogP contribution is 2.13. The summed E-state index contributed by atoms with van der Waals surface area (Å²) in [6.07, 6.45) is 0. The number of ether oxygens (including phenoxy) is 1. The van der Waals surface area contributed by atoms with Crippen molar-refractivity contribution < 1.29 is 19.1 Å². The minimum absolute atomic E-state index is 0.105. The van der Waals surface area contributed by atoms with Gasteiger partial charge < -0.3 is 15.4 Å². The highest BCUT2D eigenvalue weighted by molar-refractivity contribution is 5.95. The van der Waals surface area contributed by atoms with E-state index in [9.17, 15) is 14.4 Å². The van der Waals surface area contributed by atoms with Crippen LogP contribution in [0.4, 0.5) is 5.69 Å². The number of esters is 1. The van der Waals surface area contributed by atoms with E-state index in [0.29, 0.717) is 22.4 Å². The second-order valence-corrected chi connectivity index (χ2v) is 7.38. The van der Waals surface area contributed by atoms with Crippen molar-refractivity contribution >= 4 is 23.5 Å². The number of anilines is 1. The van der Waals surface area contributed by atoms with Gasteiger partial charge in [0, 0.05) is 22.2 Å². The average molecular weight is 392 g/mol. The van der Waals surface area contributed by atoms with Crippen molar-refractivity contribution in [1.29, 1.82) is 0 Å². The summed E-state index contributed by atoms with van der Waals surface area (Å²) < 4.78 is 4.71. The van der Waals surface area contributed by atoms with Gasteiger partial charge in [-0.15, -0.1) is 0 Å². The molecule has 2 N–H and O–H groups in total. The van der Waals surface area contributed by atoms with E-state index in [1.165, 1.54) is 7.11 Å². The molecule has 0 fully saturated rings. The third kappa shape index (κ3) is 6.82. The summed E-state index contributed by atoms with van der Waals surface area (Å²) in [6, 6.07) is 13.9. The molecule has 0 bridgehead atoms. The molecule has 0 aliphatic rings. The van der Waals surface area contributed by atoms with Gasteiger partial charge in [0.25, 0.3) is 0 Å². The Balaban J connectivity index is 2.04. The largest absolute Gasteiger partial charge is 0.465 e. The molecule has 0 aliphatic carbocycles. The van der Waals surface area contributed by atoms with Gasteiger partial charge in [0.05, 0.1) is 19.2 Å². The first-order valence-corrected chi connectivity index (χ1v) is 9.07. The highest BCUT2D eigenvalue weighted by Gasteiger charge is 2.21. The number of amides is 2. The van der Waals surface area contributed by atoms with Gasteiger partial charge in [0.2, 0.25) is 11.8 Å². The molecule has 0 saturated heterocycles. The Bertz CT molecular complexity index is 978. The minimum Gasteiger partial charge on any atom is -0.465 e. The molecule has 6 nitrogen and oxygen atoms in total. The number of carbonyl (C=O) groups excluding carboxylic acids is 3. The first-order valence-electron chi connectivity index (χ1n) is 9.07. The van der Waals surface area contributed by atoms with Gasteiger partial charge in [-0.05, 0) is 36.4 Å². The van der Waals surface area contributed by atoms with E-state index >= 15 is 0 Å². The fourth-order valence-corrected chi connectivity index (χ4v) is 2.29. The molecule has 0 aliphatic heterocycles. The number of rotatable bonds is 4. The Hall–Kier alpha value is -3.59. The number of hydrogen-bond acceptors (Lipinski definition) is 4. The number of hydrogen-bond donors (Lipinski definition) is 2. The molecule has 0 saturated carbocycles. The molecule has 150 valence electrons. The normalized spacial score (nSPS) is 10.3. The molecular weight excluding hydrogens is 368 g/mol. The van der Waals surface area contributed by atoms with Gasteiger partial charge in [-0.25, -0.2) is 4.79 Å². The maximum absolute atomic E-state index is 12.1. The van der Waals surface area contributed by atoms with Gasteiger partial charge in [0.15, 0.2) is 0 Å². The Labute approximate surface area is 170 Å². The van der Waals surface area contributed by atoms with Crippen LogP contribution in [0.15, 0.2) is 48.5 Å².